The molecule has 11 heteroatoms. The lowest BCUT2D eigenvalue weighted by molar-refractivity contribution is -0.135. The van der Waals surface area contributed by atoms with Crippen molar-refractivity contribution in [1.29, 1.82) is 0 Å². The van der Waals surface area contributed by atoms with Crippen LogP contribution in [0.25, 0.3) is 0 Å². The van der Waals surface area contributed by atoms with Gasteiger partial charge in [0, 0.05) is 51.4 Å². The fourth-order valence-electron chi connectivity index (χ4n) is 6.05. The molecule has 2 aliphatic heterocycles. The molecule has 41 heavy (non-hydrogen) atoms. The molecule has 0 saturated carbocycles. The molecule has 11 nitrogen and oxygen atoms in total. The summed E-state index contributed by atoms with van der Waals surface area (Å²) in [6, 6.07) is 11.6. The lowest BCUT2D eigenvalue weighted by Gasteiger charge is -2.35. The van der Waals surface area contributed by atoms with E-state index in [2.05, 4.69) is 44.3 Å². The molecule has 1 aromatic carbocycles. The zero-order chi connectivity index (χ0) is 29.1. The predicted molar refractivity (Wildman–Crippen MR) is 153 cm³/mol. The van der Waals surface area contributed by atoms with Gasteiger partial charge in [0.05, 0.1) is 25.5 Å². The van der Waals surface area contributed by atoms with Crippen LogP contribution in [0.15, 0.2) is 47.1 Å². The lowest BCUT2D eigenvalue weighted by Crippen LogP contribution is -2.39. The highest BCUT2D eigenvalue weighted by Gasteiger charge is 2.42. The quantitative estimate of drug-likeness (QED) is 0.404. The van der Waals surface area contributed by atoms with E-state index in [4.69, 9.17) is 9.26 Å². The van der Waals surface area contributed by atoms with Gasteiger partial charge in [-0.2, -0.15) is 0 Å². The van der Waals surface area contributed by atoms with Crippen LogP contribution in [-0.2, 0) is 4.79 Å². The summed E-state index contributed by atoms with van der Waals surface area (Å²) in [5.74, 6) is 0.607. The molecular formula is C30H40N6O5. The molecule has 0 aliphatic carbocycles. The number of imidazole rings is 1. The summed E-state index contributed by atoms with van der Waals surface area (Å²) in [4.78, 5) is 40.5. The molecule has 0 bridgehead atoms. The highest BCUT2D eigenvalue weighted by molar-refractivity contribution is 5.92. The zero-order valence-corrected chi connectivity index (χ0v) is 24.2. The SMILES string of the molecule is COc1cc(C(C(=O)N2C[C@H](O)C[C@H]2c2ncc(C(=O)N(C)CC3CCN(c4ccccc4)CC3)[nH]2)C(C)C)on1. The van der Waals surface area contributed by atoms with Gasteiger partial charge in [0.2, 0.25) is 5.91 Å². The van der Waals surface area contributed by atoms with Crippen LogP contribution in [0.1, 0.15) is 67.1 Å². The third-order valence-electron chi connectivity index (χ3n) is 8.27. The third kappa shape index (κ3) is 6.24. The molecular weight excluding hydrogens is 524 g/mol. The number of hydrogen-bond donors (Lipinski definition) is 2. The summed E-state index contributed by atoms with van der Waals surface area (Å²) in [7, 11) is 3.31. The van der Waals surface area contributed by atoms with Crippen LogP contribution in [0, 0.1) is 11.8 Å². The average Bonchev–Trinajstić information content (AvgIpc) is 3.73. The summed E-state index contributed by atoms with van der Waals surface area (Å²) in [6.07, 6.45) is 3.20. The molecule has 2 saturated heterocycles. The second-order valence-corrected chi connectivity index (χ2v) is 11.5. The Kier molecular flexibility index (Phi) is 8.63. The molecule has 2 aliphatic rings. The Bertz CT molecular complexity index is 1320. The van der Waals surface area contributed by atoms with Crippen molar-refractivity contribution in [3.63, 3.8) is 0 Å². The lowest BCUT2D eigenvalue weighted by atomic mass is 9.91. The number of carbonyl (C=O) groups is 2. The van der Waals surface area contributed by atoms with E-state index >= 15 is 0 Å². The van der Waals surface area contributed by atoms with Crippen molar-refractivity contribution < 1.29 is 24.0 Å². The number of piperidine rings is 1. The minimum atomic E-state index is -0.699. The van der Waals surface area contributed by atoms with E-state index in [1.165, 1.54) is 19.0 Å². The van der Waals surface area contributed by atoms with E-state index in [0.717, 1.165) is 25.9 Å². The van der Waals surface area contributed by atoms with Gasteiger partial charge in [-0.05, 0) is 42.0 Å². The number of rotatable bonds is 9. The Hall–Kier alpha value is -3.86. The molecule has 2 fully saturated rings. The molecule has 0 spiro atoms. The molecule has 0 radical (unpaired) electrons. The number of aliphatic hydroxyl groups is 1. The molecule has 4 heterocycles. The fourth-order valence-corrected chi connectivity index (χ4v) is 6.05. The van der Waals surface area contributed by atoms with Gasteiger partial charge >= 0.3 is 0 Å². The summed E-state index contributed by atoms with van der Waals surface area (Å²) in [5.41, 5.74) is 1.61. The molecule has 220 valence electrons. The first-order chi connectivity index (χ1) is 19.7. The van der Waals surface area contributed by atoms with Crippen LogP contribution < -0.4 is 9.64 Å². The number of aromatic nitrogens is 3. The Balaban J connectivity index is 1.23. The molecule has 1 unspecified atom stereocenters. The number of likely N-dealkylation sites (tertiary alicyclic amines) is 1. The first-order valence-corrected chi connectivity index (χ1v) is 14.3. The van der Waals surface area contributed by atoms with Crippen LogP contribution >= 0.6 is 0 Å². The number of H-pyrrole nitrogens is 1. The van der Waals surface area contributed by atoms with E-state index in [1.54, 1.807) is 15.9 Å². The Morgan fingerprint density at radius 2 is 1.95 bits per heavy atom. The van der Waals surface area contributed by atoms with E-state index in [-0.39, 0.29) is 24.3 Å². The summed E-state index contributed by atoms with van der Waals surface area (Å²) in [5, 5.41) is 14.4. The van der Waals surface area contributed by atoms with Crippen LogP contribution in [-0.4, -0.2) is 88.3 Å². The Morgan fingerprint density at radius 3 is 2.61 bits per heavy atom. The second kappa shape index (κ2) is 12.3. The van der Waals surface area contributed by atoms with Gasteiger partial charge in [0.25, 0.3) is 11.8 Å². The minimum absolute atomic E-state index is 0.0829. The van der Waals surface area contributed by atoms with Crippen LogP contribution in [0.3, 0.4) is 0 Å². The molecule has 3 atom stereocenters. The maximum absolute atomic E-state index is 13.8. The first kappa shape index (κ1) is 28.7. The number of β-amino-alcohol motifs (C(OH)–C–C–N with tert-alkyl or cyclic N) is 1. The molecule has 3 aromatic rings. The maximum atomic E-state index is 13.8. The van der Waals surface area contributed by atoms with Crippen molar-refractivity contribution in [3.8, 4) is 5.88 Å². The number of para-hydroxylation sites is 1. The van der Waals surface area contributed by atoms with E-state index in [0.29, 0.717) is 42.0 Å². The summed E-state index contributed by atoms with van der Waals surface area (Å²) >= 11 is 0. The number of nitrogens with one attached hydrogen (secondary N) is 1. The van der Waals surface area contributed by atoms with Crippen molar-refractivity contribution in [2.45, 2.75) is 51.2 Å². The van der Waals surface area contributed by atoms with Crippen molar-refractivity contribution in [3.05, 3.63) is 59.9 Å². The largest absolute Gasteiger partial charge is 0.479 e. The normalized spacial score (nSPS) is 20.4. The number of methoxy groups -OCH3 is 1. The predicted octanol–water partition coefficient (Wildman–Crippen LogP) is 3.47. The number of hydrogen-bond acceptors (Lipinski definition) is 8. The number of ether oxygens (including phenoxy) is 1. The number of carbonyl (C=O) groups excluding carboxylic acids is 2. The molecule has 5 rings (SSSR count). The smallest absolute Gasteiger partial charge is 0.271 e. The van der Waals surface area contributed by atoms with Gasteiger partial charge in [0.1, 0.15) is 17.4 Å². The molecule has 2 amide bonds. The van der Waals surface area contributed by atoms with Gasteiger partial charge in [-0.25, -0.2) is 4.98 Å². The number of benzene rings is 1. The minimum Gasteiger partial charge on any atom is -0.479 e. The van der Waals surface area contributed by atoms with E-state index < -0.39 is 18.1 Å². The topological polar surface area (TPSA) is 128 Å². The van der Waals surface area contributed by atoms with Crippen molar-refractivity contribution in [2.75, 3.05) is 45.2 Å². The van der Waals surface area contributed by atoms with Crippen molar-refractivity contribution in [2.24, 2.45) is 11.8 Å². The summed E-state index contributed by atoms with van der Waals surface area (Å²) in [6.45, 7) is 6.64. The summed E-state index contributed by atoms with van der Waals surface area (Å²) < 4.78 is 10.5. The monoisotopic (exact) mass is 564 g/mol. The van der Waals surface area contributed by atoms with Crippen molar-refractivity contribution >= 4 is 17.5 Å². The number of anilines is 1. The van der Waals surface area contributed by atoms with Gasteiger partial charge in [-0.3, -0.25) is 9.59 Å². The molecule has 2 aromatic heterocycles. The van der Waals surface area contributed by atoms with Gasteiger partial charge in [-0.1, -0.05) is 32.0 Å². The van der Waals surface area contributed by atoms with Gasteiger partial charge in [-0.15, -0.1) is 0 Å². The van der Waals surface area contributed by atoms with Crippen LogP contribution in [0.5, 0.6) is 5.88 Å². The highest BCUT2D eigenvalue weighted by Crippen LogP contribution is 2.37. The van der Waals surface area contributed by atoms with Gasteiger partial charge < -0.3 is 34.1 Å². The standard InChI is InChI=1S/C30H40N6O5/c1-19(2)27(25-15-26(40-4)33-41-25)30(39)36-18-22(37)14-24(36)28-31-16-23(32-28)29(38)34(3)17-20-10-12-35(13-11-20)21-8-6-5-7-9-21/h5-9,15-16,19-20,22,24,27,37H,10-14,17-18H2,1-4H3,(H,31,32)/t22-,24+,27?/m1/s1. The zero-order valence-electron chi connectivity index (χ0n) is 24.2. The number of aliphatic hydroxyl groups excluding tert-OH is 1. The number of aromatic amines is 1. The molecule has 2 N–H and O–H groups in total. The van der Waals surface area contributed by atoms with E-state index in [9.17, 15) is 14.7 Å². The number of nitrogens with zero attached hydrogens (tertiary/aromatic N) is 5. The first-order valence-electron chi connectivity index (χ1n) is 14.3. The Morgan fingerprint density at radius 1 is 1.22 bits per heavy atom. The number of amides is 2. The van der Waals surface area contributed by atoms with Crippen molar-refractivity contribution in [1.82, 2.24) is 24.9 Å². The second-order valence-electron chi connectivity index (χ2n) is 11.5. The highest BCUT2D eigenvalue weighted by atomic mass is 16.5. The van der Waals surface area contributed by atoms with E-state index in [1.807, 2.05) is 27.0 Å². The van der Waals surface area contributed by atoms with Gasteiger partial charge in [0.15, 0.2) is 5.76 Å². The Labute approximate surface area is 240 Å². The third-order valence-corrected chi connectivity index (χ3v) is 8.27. The maximum Gasteiger partial charge on any atom is 0.271 e. The average molecular weight is 565 g/mol. The van der Waals surface area contributed by atoms with Crippen LogP contribution in [0.2, 0.25) is 0 Å². The van der Waals surface area contributed by atoms with Crippen LogP contribution in [0.4, 0.5) is 5.69 Å². The fraction of sp³-hybridized carbons (Fsp3) is 0.533.